The van der Waals surface area contributed by atoms with Crippen LogP contribution < -0.4 is 9.80 Å². The molecule has 0 radical (unpaired) electrons. The third-order valence-electron chi connectivity index (χ3n) is 7.14. The summed E-state index contributed by atoms with van der Waals surface area (Å²) in [7, 11) is 4.13. The molecule has 0 atom stereocenters. The van der Waals surface area contributed by atoms with Crippen molar-refractivity contribution >= 4 is 17.3 Å². The lowest BCUT2D eigenvalue weighted by Crippen LogP contribution is -2.48. The molecule has 1 aromatic heterocycles. The van der Waals surface area contributed by atoms with Crippen molar-refractivity contribution in [2.24, 2.45) is 0 Å². The highest BCUT2D eigenvalue weighted by molar-refractivity contribution is 5.92. The second-order valence-electron chi connectivity index (χ2n) is 9.85. The minimum atomic E-state index is -0.0391. The van der Waals surface area contributed by atoms with Crippen LogP contribution in [0.1, 0.15) is 21.9 Å². The molecule has 0 bridgehead atoms. The lowest BCUT2D eigenvalue weighted by atomic mass is 10.1. The minimum Gasteiger partial charge on any atom is -0.447 e. The Morgan fingerprint density at radius 2 is 1.47 bits per heavy atom. The van der Waals surface area contributed by atoms with Crippen LogP contribution in [0.15, 0.2) is 65.3 Å². The number of piperazine rings is 2. The standard InChI is InChI=1S/C28H36N6O2/c1-30(2)24-10-8-23(9-11-24)20-31-12-14-32(15-13-31)21-27-29-26(22-36-27)28(35)34-18-16-33(17-19-34)25-6-4-3-5-7-25/h3-11,22H,12-21H2,1-2H3. The normalized spacial score (nSPS) is 17.4. The molecular formula is C28H36N6O2. The molecular weight excluding hydrogens is 452 g/mol. The van der Waals surface area contributed by atoms with E-state index in [0.717, 1.165) is 45.8 Å². The average Bonchev–Trinajstić information content (AvgIpc) is 3.39. The monoisotopic (exact) mass is 488 g/mol. The van der Waals surface area contributed by atoms with Gasteiger partial charge >= 0.3 is 0 Å². The molecule has 2 saturated heterocycles. The van der Waals surface area contributed by atoms with E-state index in [9.17, 15) is 4.79 Å². The van der Waals surface area contributed by atoms with Crippen molar-refractivity contribution in [1.82, 2.24) is 19.7 Å². The van der Waals surface area contributed by atoms with Crippen molar-refractivity contribution in [2.45, 2.75) is 13.1 Å². The summed E-state index contributed by atoms with van der Waals surface area (Å²) in [5, 5.41) is 0. The van der Waals surface area contributed by atoms with E-state index < -0.39 is 0 Å². The first-order valence-corrected chi connectivity index (χ1v) is 12.8. The Bertz CT molecular complexity index is 1110. The van der Waals surface area contributed by atoms with Gasteiger partial charge in [0.05, 0.1) is 6.54 Å². The van der Waals surface area contributed by atoms with E-state index >= 15 is 0 Å². The van der Waals surface area contributed by atoms with Gasteiger partial charge in [0, 0.05) is 84.4 Å². The summed E-state index contributed by atoms with van der Waals surface area (Å²) in [6.45, 7) is 8.57. The molecule has 3 heterocycles. The van der Waals surface area contributed by atoms with Crippen molar-refractivity contribution in [2.75, 3.05) is 76.3 Å². The number of aromatic nitrogens is 1. The van der Waals surface area contributed by atoms with E-state index in [1.54, 1.807) is 0 Å². The maximum Gasteiger partial charge on any atom is 0.275 e. The van der Waals surface area contributed by atoms with Gasteiger partial charge in [-0.15, -0.1) is 0 Å². The van der Waals surface area contributed by atoms with Crippen LogP contribution in [-0.4, -0.2) is 92.0 Å². The predicted octanol–water partition coefficient (Wildman–Crippen LogP) is 3.02. The predicted molar refractivity (Wildman–Crippen MR) is 142 cm³/mol. The number of carbonyl (C=O) groups excluding carboxylic acids is 1. The van der Waals surface area contributed by atoms with E-state index in [1.165, 1.54) is 23.2 Å². The number of rotatable bonds is 7. The van der Waals surface area contributed by atoms with E-state index in [0.29, 0.717) is 31.2 Å². The largest absolute Gasteiger partial charge is 0.447 e. The molecule has 1 amide bonds. The Morgan fingerprint density at radius 1 is 0.833 bits per heavy atom. The first-order valence-electron chi connectivity index (χ1n) is 12.8. The third-order valence-corrected chi connectivity index (χ3v) is 7.14. The van der Waals surface area contributed by atoms with Crippen molar-refractivity contribution < 1.29 is 9.21 Å². The molecule has 2 aromatic carbocycles. The second kappa shape index (κ2) is 11.1. The Kier molecular flexibility index (Phi) is 7.53. The van der Waals surface area contributed by atoms with E-state index in [2.05, 4.69) is 75.1 Å². The fourth-order valence-corrected chi connectivity index (χ4v) is 4.90. The van der Waals surface area contributed by atoms with Crippen LogP contribution >= 0.6 is 0 Å². The fourth-order valence-electron chi connectivity index (χ4n) is 4.90. The van der Waals surface area contributed by atoms with Crippen molar-refractivity contribution in [3.63, 3.8) is 0 Å². The van der Waals surface area contributed by atoms with Gasteiger partial charge in [-0.25, -0.2) is 4.98 Å². The molecule has 0 saturated carbocycles. The highest BCUT2D eigenvalue weighted by Crippen LogP contribution is 2.18. The first kappa shape index (κ1) is 24.3. The molecule has 0 spiro atoms. The first-order chi connectivity index (χ1) is 17.5. The van der Waals surface area contributed by atoms with Crippen LogP contribution in [0.25, 0.3) is 0 Å². The van der Waals surface area contributed by atoms with Crippen LogP contribution in [0.5, 0.6) is 0 Å². The molecule has 8 nitrogen and oxygen atoms in total. The lowest BCUT2D eigenvalue weighted by Gasteiger charge is -2.35. The summed E-state index contributed by atoms with van der Waals surface area (Å²) in [4.78, 5) is 28.7. The number of benzene rings is 2. The maximum atomic E-state index is 13.0. The number of carbonyl (C=O) groups is 1. The molecule has 2 aliphatic heterocycles. The smallest absolute Gasteiger partial charge is 0.275 e. The molecule has 36 heavy (non-hydrogen) atoms. The van der Waals surface area contributed by atoms with Gasteiger partial charge in [-0.3, -0.25) is 14.6 Å². The number of hydrogen-bond acceptors (Lipinski definition) is 7. The van der Waals surface area contributed by atoms with Gasteiger partial charge in [0.1, 0.15) is 6.26 Å². The Labute approximate surface area is 213 Å². The highest BCUT2D eigenvalue weighted by Gasteiger charge is 2.25. The van der Waals surface area contributed by atoms with Gasteiger partial charge in [-0.2, -0.15) is 0 Å². The zero-order valence-electron chi connectivity index (χ0n) is 21.3. The molecule has 0 N–H and O–H groups in total. The summed E-state index contributed by atoms with van der Waals surface area (Å²) in [6, 6.07) is 19.1. The van der Waals surface area contributed by atoms with E-state index in [4.69, 9.17) is 4.42 Å². The molecule has 5 rings (SSSR count). The maximum absolute atomic E-state index is 13.0. The molecule has 0 unspecified atom stereocenters. The summed E-state index contributed by atoms with van der Waals surface area (Å²) in [6.07, 6.45) is 1.52. The molecule has 0 aliphatic carbocycles. The van der Waals surface area contributed by atoms with Crippen LogP contribution in [0.4, 0.5) is 11.4 Å². The van der Waals surface area contributed by atoms with Crippen LogP contribution in [0, 0.1) is 0 Å². The zero-order valence-corrected chi connectivity index (χ0v) is 21.3. The Morgan fingerprint density at radius 3 is 2.11 bits per heavy atom. The lowest BCUT2D eigenvalue weighted by molar-refractivity contribution is 0.0740. The zero-order chi connectivity index (χ0) is 24.9. The Hall–Kier alpha value is -3.36. The van der Waals surface area contributed by atoms with Crippen molar-refractivity contribution in [1.29, 1.82) is 0 Å². The number of anilines is 2. The average molecular weight is 489 g/mol. The Balaban J connectivity index is 1.07. The number of para-hydroxylation sites is 1. The van der Waals surface area contributed by atoms with E-state index in [-0.39, 0.29) is 5.91 Å². The summed E-state index contributed by atoms with van der Waals surface area (Å²) < 4.78 is 5.69. The fraction of sp³-hybridized carbons (Fsp3) is 0.429. The summed E-state index contributed by atoms with van der Waals surface area (Å²) in [5.41, 5.74) is 4.19. The van der Waals surface area contributed by atoms with Gasteiger partial charge in [0.2, 0.25) is 5.89 Å². The summed E-state index contributed by atoms with van der Waals surface area (Å²) in [5.74, 6) is 0.580. The van der Waals surface area contributed by atoms with Crippen LogP contribution in [0.2, 0.25) is 0 Å². The van der Waals surface area contributed by atoms with Gasteiger partial charge in [-0.1, -0.05) is 30.3 Å². The van der Waals surface area contributed by atoms with Gasteiger partial charge < -0.3 is 19.1 Å². The van der Waals surface area contributed by atoms with Gasteiger partial charge in [0.15, 0.2) is 5.69 Å². The third kappa shape index (κ3) is 5.88. The molecule has 190 valence electrons. The van der Waals surface area contributed by atoms with E-state index in [1.807, 2.05) is 23.1 Å². The minimum absolute atomic E-state index is 0.0391. The quantitative estimate of drug-likeness (QED) is 0.507. The van der Waals surface area contributed by atoms with Crippen LogP contribution in [0.3, 0.4) is 0 Å². The van der Waals surface area contributed by atoms with Crippen molar-refractivity contribution in [3.05, 3.63) is 78.0 Å². The molecule has 2 fully saturated rings. The highest BCUT2D eigenvalue weighted by atomic mass is 16.3. The number of amides is 1. The van der Waals surface area contributed by atoms with Crippen molar-refractivity contribution in [3.8, 4) is 0 Å². The van der Waals surface area contributed by atoms with Gasteiger partial charge in [0.25, 0.3) is 5.91 Å². The summed E-state index contributed by atoms with van der Waals surface area (Å²) >= 11 is 0. The number of nitrogens with zero attached hydrogens (tertiary/aromatic N) is 6. The second-order valence-corrected chi connectivity index (χ2v) is 9.85. The molecule has 8 heteroatoms. The molecule has 2 aliphatic rings. The SMILES string of the molecule is CN(C)c1ccc(CN2CCN(Cc3nc(C(=O)N4CCN(c5ccccc5)CC4)co3)CC2)cc1. The van der Waals surface area contributed by atoms with Crippen LogP contribution in [-0.2, 0) is 13.1 Å². The van der Waals surface area contributed by atoms with Gasteiger partial charge in [-0.05, 0) is 29.8 Å². The molecule has 3 aromatic rings. The topological polar surface area (TPSA) is 59.3 Å². The number of hydrogen-bond donors (Lipinski definition) is 0. The number of oxazole rings is 1.